The van der Waals surface area contributed by atoms with Crippen LogP contribution in [0.4, 0.5) is 17.3 Å². The minimum atomic E-state index is -0.124. The lowest BCUT2D eigenvalue weighted by Gasteiger charge is -2.21. The lowest BCUT2D eigenvalue weighted by Crippen LogP contribution is -2.21. The number of pyridine rings is 2. The molecule has 2 aliphatic heterocycles. The molecule has 4 heterocycles. The predicted octanol–water partition coefficient (Wildman–Crippen LogP) is 3.09. The van der Waals surface area contributed by atoms with Crippen LogP contribution in [0.25, 0.3) is 0 Å². The number of carbonyl (C=O) groups is 1. The predicted molar refractivity (Wildman–Crippen MR) is 105 cm³/mol. The molecule has 2 aromatic rings. The maximum atomic E-state index is 11.5. The summed E-state index contributed by atoms with van der Waals surface area (Å²) in [5.41, 5.74) is 3.59. The average molecular weight is 380 g/mol. The fourth-order valence-electron chi connectivity index (χ4n) is 4.17. The quantitative estimate of drug-likeness (QED) is 0.878. The van der Waals surface area contributed by atoms with Crippen molar-refractivity contribution in [3.05, 3.63) is 35.5 Å². The highest BCUT2D eigenvalue weighted by Crippen LogP contribution is 2.58. The lowest BCUT2D eigenvalue weighted by atomic mass is 10.0. The zero-order valence-electron chi connectivity index (χ0n) is 16.2. The average Bonchev–Trinajstić information content (AvgIpc) is 3.10. The number of fused-ring (bicyclic) bond motifs is 2. The van der Waals surface area contributed by atoms with Crippen molar-refractivity contribution in [2.24, 2.45) is 0 Å². The molecular weight excluding hydrogens is 356 g/mol. The number of aryl methyl sites for hydroxylation is 1. The first-order chi connectivity index (χ1) is 13.5. The van der Waals surface area contributed by atoms with E-state index in [2.05, 4.69) is 28.2 Å². The van der Waals surface area contributed by atoms with Crippen molar-refractivity contribution in [3.63, 3.8) is 0 Å². The molecule has 7 nitrogen and oxygen atoms in total. The molecule has 1 spiro atoms. The molecule has 28 heavy (non-hydrogen) atoms. The second-order valence-electron chi connectivity index (χ2n) is 8.08. The SMILES string of the molecule is CC(=O)Nc1cc2c(cn1)C1(CC1)CN2c1cc(C)cc(OC2CCOC2)n1. The summed E-state index contributed by atoms with van der Waals surface area (Å²) in [5, 5.41) is 2.79. The van der Waals surface area contributed by atoms with Gasteiger partial charge in [-0.25, -0.2) is 4.98 Å². The molecule has 1 amide bonds. The van der Waals surface area contributed by atoms with Crippen molar-refractivity contribution in [2.75, 3.05) is 30.0 Å². The Morgan fingerprint density at radius 2 is 2.21 bits per heavy atom. The van der Waals surface area contributed by atoms with Gasteiger partial charge < -0.3 is 19.7 Å². The molecule has 146 valence electrons. The van der Waals surface area contributed by atoms with Crippen molar-refractivity contribution < 1.29 is 14.3 Å². The van der Waals surface area contributed by atoms with Crippen LogP contribution in [0.15, 0.2) is 24.4 Å². The van der Waals surface area contributed by atoms with Crippen LogP contribution in [0, 0.1) is 6.92 Å². The fraction of sp³-hybridized carbons (Fsp3) is 0.476. The standard InChI is InChI=1S/C21H24N4O3/c1-13-7-19(24-20(8-13)28-15-3-6-27-11-15)25-12-21(4-5-21)16-10-22-18(9-17(16)25)23-14(2)26/h7-10,15H,3-6,11-12H2,1-2H3,(H,22,23,26). The van der Waals surface area contributed by atoms with E-state index in [4.69, 9.17) is 14.5 Å². The molecule has 0 bridgehead atoms. The van der Waals surface area contributed by atoms with E-state index in [1.54, 1.807) is 0 Å². The summed E-state index contributed by atoms with van der Waals surface area (Å²) in [4.78, 5) is 22.9. The summed E-state index contributed by atoms with van der Waals surface area (Å²) in [5.74, 6) is 1.96. The Labute approximate surface area is 164 Å². The number of ether oxygens (including phenoxy) is 2. The fourth-order valence-corrected chi connectivity index (χ4v) is 4.17. The van der Waals surface area contributed by atoms with E-state index >= 15 is 0 Å². The summed E-state index contributed by atoms with van der Waals surface area (Å²) in [7, 11) is 0. The Balaban J connectivity index is 1.50. The van der Waals surface area contributed by atoms with E-state index in [-0.39, 0.29) is 17.4 Å². The monoisotopic (exact) mass is 380 g/mol. The summed E-state index contributed by atoms with van der Waals surface area (Å²) < 4.78 is 11.5. The van der Waals surface area contributed by atoms with E-state index in [0.29, 0.717) is 18.3 Å². The molecule has 7 heteroatoms. The smallest absolute Gasteiger partial charge is 0.222 e. The third-order valence-corrected chi connectivity index (χ3v) is 5.75. The minimum Gasteiger partial charge on any atom is -0.472 e. The zero-order valence-corrected chi connectivity index (χ0v) is 16.2. The highest BCUT2D eigenvalue weighted by molar-refractivity contribution is 5.89. The van der Waals surface area contributed by atoms with E-state index < -0.39 is 0 Å². The van der Waals surface area contributed by atoms with Gasteiger partial charge in [-0.1, -0.05) is 0 Å². The van der Waals surface area contributed by atoms with Gasteiger partial charge in [0.05, 0.1) is 18.9 Å². The molecule has 0 radical (unpaired) electrons. The van der Waals surface area contributed by atoms with Crippen molar-refractivity contribution in [1.82, 2.24) is 9.97 Å². The van der Waals surface area contributed by atoms with Gasteiger partial charge in [-0.15, -0.1) is 0 Å². The molecule has 1 atom stereocenters. The molecule has 1 saturated heterocycles. The van der Waals surface area contributed by atoms with Crippen LogP contribution in [-0.4, -0.2) is 41.7 Å². The maximum Gasteiger partial charge on any atom is 0.222 e. The van der Waals surface area contributed by atoms with Gasteiger partial charge in [0.25, 0.3) is 0 Å². The number of aromatic nitrogens is 2. The van der Waals surface area contributed by atoms with E-state index in [0.717, 1.165) is 49.5 Å². The molecule has 3 aliphatic rings. The molecule has 2 aromatic heterocycles. The number of hydrogen-bond acceptors (Lipinski definition) is 6. The van der Waals surface area contributed by atoms with Gasteiger partial charge >= 0.3 is 0 Å². The van der Waals surface area contributed by atoms with Crippen LogP contribution >= 0.6 is 0 Å². The number of anilines is 3. The highest BCUT2D eigenvalue weighted by atomic mass is 16.5. The highest BCUT2D eigenvalue weighted by Gasteiger charge is 2.52. The van der Waals surface area contributed by atoms with Crippen LogP contribution in [0.3, 0.4) is 0 Å². The molecule has 1 N–H and O–H groups in total. The second kappa shape index (κ2) is 6.44. The number of nitrogens with zero attached hydrogens (tertiary/aromatic N) is 3. The molecule has 1 saturated carbocycles. The molecule has 1 aliphatic carbocycles. The van der Waals surface area contributed by atoms with Gasteiger partial charge in [0, 0.05) is 49.2 Å². The summed E-state index contributed by atoms with van der Waals surface area (Å²) in [6, 6.07) is 6.02. The van der Waals surface area contributed by atoms with Gasteiger partial charge in [-0.2, -0.15) is 4.98 Å². The zero-order chi connectivity index (χ0) is 19.3. The molecule has 2 fully saturated rings. The van der Waals surface area contributed by atoms with Gasteiger partial charge in [-0.3, -0.25) is 4.79 Å². The first kappa shape index (κ1) is 17.4. The van der Waals surface area contributed by atoms with Crippen LogP contribution in [0.2, 0.25) is 0 Å². The first-order valence-electron chi connectivity index (χ1n) is 9.81. The Kier molecular flexibility index (Phi) is 4.01. The third kappa shape index (κ3) is 3.09. The van der Waals surface area contributed by atoms with E-state index in [1.807, 2.05) is 18.3 Å². The lowest BCUT2D eigenvalue weighted by molar-refractivity contribution is -0.114. The van der Waals surface area contributed by atoms with Crippen LogP contribution in [0.1, 0.15) is 37.3 Å². The maximum absolute atomic E-state index is 11.5. The number of rotatable bonds is 4. The van der Waals surface area contributed by atoms with Crippen LogP contribution in [0.5, 0.6) is 5.88 Å². The Morgan fingerprint density at radius 1 is 1.36 bits per heavy atom. The van der Waals surface area contributed by atoms with Crippen LogP contribution < -0.4 is 15.0 Å². The summed E-state index contributed by atoms with van der Waals surface area (Å²) >= 11 is 0. The minimum absolute atomic E-state index is 0.0679. The summed E-state index contributed by atoms with van der Waals surface area (Å²) in [6.07, 6.45) is 5.19. The first-order valence-corrected chi connectivity index (χ1v) is 9.81. The third-order valence-electron chi connectivity index (χ3n) is 5.75. The number of hydrogen-bond donors (Lipinski definition) is 1. The van der Waals surface area contributed by atoms with Crippen molar-refractivity contribution in [1.29, 1.82) is 0 Å². The van der Waals surface area contributed by atoms with Crippen molar-refractivity contribution in [2.45, 2.75) is 44.6 Å². The molecular formula is C21H24N4O3. The van der Waals surface area contributed by atoms with E-state index in [1.165, 1.54) is 12.5 Å². The normalized spacial score (nSPS) is 21.6. The van der Waals surface area contributed by atoms with Gasteiger partial charge in [0.15, 0.2) is 0 Å². The van der Waals surface area contributed by atoms with Gasteiger partial charge in [0.1, 0.15) is 17.7 Å². The number of amides is 1. The number of nitrogens with one attached hydrogen (secondary N) is 1. The van der Waals surface area contributed by atoms with E-state index in [9.17, 15) is 4.79 Å². The Bertz CT molecular complexity index is 935. The topological polar surface area (TPSA) is 76.6 Å². The Morgan fingerprint density at radius 3 is 2.93 bits per heavy atom. The second-order valence-corrected chi connectivity index (χ2v) is 8.08. The Hall–Kier alpha value is -2.67. The molecule has 0 aromatic carbocycles. The van der Waals surface area contributed by atoms with Gasteiger partial charge in [-0.05, 0) is 31.4 Å². The molecule has 1 unspecified atom stereocenters. The van der Waals surface area contributed by atoms with Crippen LogP contribution in [-0.2, 0) is 14.9 Å². The summed E-state index contributed by atoms with van der Waals surface area (Å²) in [6.45, 7) is 5.79. The molecule has 5 rings (SSSR count). The van der Waals surface area contributed by atoms with Gasteiger partial charge in [0.2, 0.25) is 11.8 Å². The van der Waals surface area contributed by atoms with Crippen molar-refractivity contribution >= 4 is 23.2 Å². The van der Waals surface area contributed by atoms with Crippen molar-refractivity contribution in [3.8, 4) is 5.88 Å². The number of carbonyl (C=O) groups excluding carboxylic acids is 1. The largest absolute Gasteiger partial charge is 0.472 e.